The second-order valence-corrected chi connectivity index (χ2v) is 5.48. The predicted molar refractivity (Wildman–Crippen MR) is 73.1 cm³/mol. The molecule has 1 amide bonds. The summed E-state index contributed by atoms with van der Waals surface area (Å²) in [5.74, 6) is -1.93. The molecule has 0 aliphatic carbocycles. The monoisotopic (exact) mass is 295 g/mol. The fourth-order valence-electron chi connectivity index (χ4n) is 2.51. The van der Waals surface area contributed by atoms with E-state index in [0.717, 1.165) is 0 Å². The van der Waals surface area contributed by atoms with Crippen molar-refractivity contribution in [3.05, 3.63) is 35.6 Å². The van der Waals surface area contributed by atoms with Crippen LogP contribution < -0.4 is 0 Å². The number of amides is 1. The van der Waals surface area contributed by atoms with Gasteiger partial charge in [0.25, 0.3) is 0 Å². The largest absolute Gasteiger partial charge is 0.479 e. The predicted octanol–water partition coefficient (Wildman–Crippen LogP) is 1.83. The molecule has 1 aliphatic heterocycles. The Morgan fingerprint density at radius 3 is 2.71 bits per heavy atom. The quantitative estimate of drug-likeness (QED) is 0.920. The van der Waals surface area contributed by atoms with Gasteiger partial charge in [-0.1, -0.05) is 32.0 Å². The van der Waals surface area contributed by atoms with Crippen LogP contribution >= 0.6 is 0 Å². The van der Waals surface area contributed by atoms with E-state index in [-0.39, 0.29) is 24.0 Å². The molecule has 0 aromatic heterocycles. The Balaban J connectivity index is 2.46. The van der Waals surface area contributed by atoms with E-state index in [4.69, 9.17) is 4.74 Å². The minimum absolute atomic E-state index is 0.135. The second kappa shape index (κ2) is 6.22. The molecule has 6 heteroatoms. The number of ether oxygens (including phenoxy) is 1. The molecule has 1 fully saturated rings. The molecule has 21 heavy (non-hydrogen) atoms. The first-order chi connectivity index (χ1) is 9.91. The van der Waals surface area contributed by atoms with E-state index < -0.39 is 23.9 Å². The standard InChI is InChI=1S/C15H18FNO4/c1-9(2)7-17-12(18)8-21-14(15(19)20)13(17)10-5-3-4-6-11(10)16/h3-6,9,13-14H,7-8H2,1-2H3,(H,19,20). The summed E-state index contributed by atoms with van der Waals surface area (Å²) >= 11 is 0. The first-order valence-electron chi connectivity index (χ1n) is 6.80. The highest BCUT2D eigenvalue weighted by molar-refractivity contribution is 5.83. The van der Waals surface area contributed by atoms with E-state index in [9.17, 15) is 19.1 Å². The molecule has 1 aromatic carbocycles. The second-order valence-electron chi connectivity index (χ2n) is 5.48. The maximum Gasteiger partial charge on any atom is 0.335 e. The van der Waals surface area contributed by atoms with E-state index in [1.807, 2.05) is 13.8 Å². The molecule has 0 bridgehead atoms. The Morgan fingerprint density at radius 1 is 1.48 bits per heavy atom. The van der Waals surface area contributed by atoms with Crippen LogP contribution in [0.15, 0.2) is 24.3 Å². The van der Waals surface area contributed by atoms with E-state index in [2.05, 4.69) is 0 Å². The molecule has 2 unspecified atom stereocenters. The Morgan fingerprint density at radius 2 is 2.14 bits per heavy atom. The number of morpholine rings is 1. The number of carboxylic acids is 1. The third-order valence-corrected chi connectivity index (χ3v) is 3.36. The molecule has 0 spiro atoms. The SMILES string of the molecule is CC(C)CN1C(=O)COC(C(=O)O)C1c1ccccc1F. The summed E-state index contributed by atoms with van der Waals surface area (Å²) in [6.07, 6.45) is -1.27. The zero-order valence-corrected chi connectivity index (χ0v) is 12.0. The highest BCUT2D eigenvalue weighted by Crippen LogP contribution is 2.32. The first kappa shape index (κ1) is 15.4. The van der Waals surface area contributed by atoms with Crippen LogP contribution in [-0.4, -0.2) is 41.1 Å². The Bertz CT molecular complexity index is 546. The van der Waals surface area contributed by atoms with Crippen molar-refractivity contribution >= 4 is 11.9 Å². The van der Waals surface area contributed by atoms with Gasteiger partial charge in [0.15, 0.2) is 6.10 Å². The lowest BCUT2D eigenvalue weighted by atomic mass is 9.96. The van der Waals surface area contributed by atoms with Crippen LogP contribution in [0.4, 0.5) is 4.39 Å². The lowest BCUT2D eigenvalue weighted by Crippen LogP contribution is -2.53. The van der Waals surface area contributed by atoms with E-state index in [0.29, 0.717) is 6.54 Å². The molecule has 1 saturated heterocycles. The van der Waals surface area contributed by atoms with Crippen LogP contribution in [0.3, 0.4) is 0 Å². The van der Waals surface area contributed by atoms with Gasteiger partial charge < -0.3 is 14.7 Å². The highest BCUT2D eigenvalue weighted by atomic mass is 19.1. The number of hydrogen-bond acceptors (Lipinski definition) is 3. The topological polar surface area (TPSA) is 66.8 Å². The average molecular weight is 295 g/mol. The number of carbonyl (C=O) groups is 2. The van der Waals surface area contributed by atoms with Crippen LogP contribution in [-0.2, 0) is 14.3 Å². The molecule has 5 nitrogen and oxygen atoms in total. The number of aliphatic carboxylic acids is 1. The van der Waals surface area contributed by atoms with Crippen molar-refractivity contribution < 1.29 is 23.8 Å². The van der Waals surface area contributed by atoms with Gasteiger partial charge in [0, 0.05) is 12.1 Å². The van der Waals surface area contributed by atoms with Crippen LogP contribution in [0.1, 0.15) is 25.5 Å². The zero-order valence-electron chi connectivity index (χ0n) is 12.0. The number of carbonyl (C=O) groups excluding carboxylic acids is 1. The van der Waals surface area contributed by atoms with Crippen molar-refractivity contribution in [2.24, 2.45) is 5.92 Å². The summed E-state index contributed by atoms with van der Waals surface area (Å²) < 4.78 is 19.2. The van der Waals surface area contributed by atoms with Crippen molar-refractivity contribution in [2.45, 2.75) is 26.0 Å². The highest BCUT2D eigenvalue weighted by Gasteiger charge is 2.42. The van der Waals surface area contributed by atoms with E-state index in [1.165, 1.54) is 23.1 Å². The minimum Gasteiger partial charge on any atom is -0.479 e. The summed E-state index contributed by atoms with van der Waals surface area (Å²) in [5.41, 5.74) is 0.165. The molecule has 0 saturated carbocycles. The summed E-state index contributed by atoms with van der Waals surface area (Å²) in [5, 5.41) is 9.31. The summed E-state index contributed by atoms with van der Waals surface area (Å²) in [6.45, 7) is 3.88. The normalized spacial score (nSPS) is 22.7. The molecular formula is C15H18FNO4. The summed E-state index contributed by atoms with van der Waals surface area (Å²) in [4.78, 5) is 24.9. The van der Waals surface area contributed by atoms with Crippen molar-refractivity contribution in [3.63, 3.8) is 0 Å². The lowest BCUT2D eigenvalue weighted by molar-refractivity contribution is -0.174. The van der Waals surface area contributed by atoms with Crippen LogP contribution in [0.5, 0.6) is 0 Å². The van der Waals surface area contributed by atoms with Gasteiger partial charge in [-0.25, -0.2) is 9.18 Å². The third kappa shape index (κ3) is 3.21. The third-order valence-electron chi connectivity index (χ3n) is 3.36. The number of nitrogens with zero attached hydrogens (tertiary/aromatic N) is 1. The van der Waals surface area contributed by atoms with E-state index >= 15 is 0 Å². The van der Waals surface area contributed by atoms with Crippen molar-refractivity contribution in [3.8, 4) is 0 Å². The van der Waals surface area contributed by atoms with Crippen molar-refractivity contribution in [1.29, 1.82) is 0 Å². The number of benzene rings is 1. The van der Waals surface area contributed by atoms with Crippen molar-refractivity contribution in [2.75, 3.05) is 13.2 Å². The Kier molecular flexibility index (Phi) is 4.57. The molecule has 2 rings (SSSR count). The minimum atomic E-state index is -1.27. The van der Waals surface area contributed by atoms with Gasteiger partial charge in [0.05, 0.1) is 6.04 Å². The van der Waals surface area contributed by atoms with Crippen LogP contribution in [0.25, 0.3) is 0 Å². The number of halogens is 1. The molecule has 1 heterocycles. The Labute approximate surface area is 122 Å². The number of carboxylic acid groups (broad SMARTS) is 1. The van der Waals surface area contributed by atoms with Gasteiger partial charge in [0.1, 0.15) is 12.4 Å². The number of rotatable bonds is 4. The molecule has 2 atom stereocenters. The molecule has 1 aliphatic rings. The maximum absolute atomic E-state index is 14.1. The molecule has 1 aromatic rings. The van der Waals surface area contributed by atoms with Gasteiger partial charge in [-0.15, -0.1) is 0 Å². The summed E-state index contributed by atoms with van der Waals surface area (Å²) in [6, 6.07) is 4.93. The number of hydrogen-bond donors (Lipinski definition) is 1. The summed E-state index contributed by atoms with van der Waals surface area (Å²) in [7, 11) is 0. The average Bonchev–Trinajstić information content (AvgIpc) is 2.41. The van der Waals surface area contributed by atoms with Gasteiger partial charge >= 0.3 is 5.97 Å². The van der Waals surface area contributed by atoms with Gasteiger partial charge in [-0.2, -0.15) is 0 Å². The van der Waals surface area contributed by atoms with E-state index in [1.54, 1.807) is 6.07 Å². The molecule has 1 N–H and O–H groups in total. The van der Waals surface area contributed by atoms with Gasteiger partial charge in [-0.05, 0) is 12.0 Å². The van der Waals surface area contributed by atoms with Gasteiger partial charge in [-0.3, -0.25) is 4.79 Å². The Hall–Kier alpha value is -1.95. The molecule has 0 radical (unpaired) electrons. The van der Waals surface area contributed by atoms with Crippen LogP contribution in [0, 0.1) is 11.7 Å². The smallest absolute Gasteiger partial charge is 0.335 e. The zero-order chi connectivity index (χ0) is 15.6. The van der Waals surface area contributed by atoms with Gasteiger partial charge in [0.2, 0.25) is 5.91 Å². The fourth-order valence-corrected chi connectivity index (χ4v) is 2.51. The van der Waals surface area contributed by atoms with Crippen LogP contribution in [0.2, 0.25) is 0 Å². The maximum atomic E-state index is 14.1. The van der Waals surface area contributed by atoms with Crippen molar-refractivity contribution in [1.82, 2.24) is 4.90 Å². The first-order valence-corrected chi connectivity index (χ1v) is 6.80. The lowest BCUT2D eigenvalue weighted by Gasteiger charge is -2.40. The molecule has 114 valence electrons. The fraction of sp³-hybridized carbons (Fsp3) is 0.467. The molecular weight excluding hydrogens is 277 g/mol.